The van der Waals surface area contributed by atoms with Gasteiger partial charge < -0.3 is 15.0 Å². The van der Waals surface area contributed by atoms with E-state index in [1.807, 2.05) is 0 Å². The van der Waals surface area contributed by atoms with Crippen molar-refractivity contribution in [1.29, 1.82) is 0 Å². The Morgan fingerprint density at radius 2 is 2.25 bits per heavy atom. The molecule has 20 heavy (non-hydrogen) atoms. The van der Waals surface area contributed by atoms with Gasteiger partial charge in [0.25, 0.3) is 0 Å². The highest BCUT2D eigenvalue weighted by molar-refractivity contribution is 5.50. The van der Waals surface area contributed by atoms with Gasteiger partial charge in [-0.3, -0.25) is 0 Å². The predicted octanol–water partition coefficient (Wildman–Crippen LogP) is 2.33. The average Bonchev–Trinajstić information content (AvgIpc) is 2.94. The number of ether oxygens (including phenoxy) is 1. The van der Waals surface area contributed by atoms with Crippen LogP contribution in [0.1, 0.15) is 32.5 Å². The van der Waals surface area contributed by atoms with Gasteiger partial charge in [0.2, 0.25) is 0 Å². The highest BCUT2D eigenvalue weighted by Crippen LogP contribution is 2.24. The first-order valence-corrected chi connectivity index (χ1v) is 7.62. The minimum atomic E-state index is 0.618. The molecule has 112 valence electrons. The molecule has 1 unspecified atom stereocenters. The molecule has 0 radical (unpaired) electrons. The summed E-state index contributed by atoms with van der Waals surface area (Å²) in [6.45, 7) is 8.13. The van der Waals surface area contributed by atoms with Gasteiger partial charge in [-0.25, -0.2) is 9.97 Å². The lowest BCUT2D eigenvalue weighted by Crippen LogP contribution is -2.23. The van der Waals surface area contributed by atoms with Crippen LogP contribution >= 0.6 is 0 Å². The van der Waals surface area contributed by atoms with Crippen LogP contribution in [0.3, 0.4) is 0 Å². The molecule has 1 saturated heterocycles. The monoisotopic (exact) mass is 278 g/mol. The fraction of sp³-hybridized carbons (Fsp3) is 0.733. The second-order valence-corrected chi connectivity index (χ2v) is 5.36. The highest BCUT2D eigenvalue weighted by Gasteiger charge is 2.24. The molecule has 2 heterocycles. The number of methoxy groups -OCH3 is 1. The van der Waals surface area contributed by atoms with E-state index in [0.29, 0.717) is 5.92 Å². The van der Waals surface area contributed by atoms with E-state index >= 15 is 0 Å². The van der Waals surface area contributed by atoms with Gasteiger partial charge in [-0.15, -0.1) is 0 Å². The number of rotatable bonds is 7. The molecule has 5 heteroatoms. The second-order valence-electron chi connectivity index (χ2n) is 5.36. The molecule has 0 saturated carbocycles. The fourth-order valence-corrected chi connectivity index (χ4v) is 2.56. The van der Waals surface area contributed by atoms with Gasteiger partial charge in [-0.1, -0.05) is 13.8 Å². The SMILES string of the molecule is CCCNc1cc(N2CCC(COC)C2)nc(CC)n1. The van der Waals surface area contributed by atoms with Gasteiger partial charge in [-0.2, -0.15) is 0 Å². The predicted molar refractivity (Wildman–Crippen MR) is 82.4 cm³/mol. The van der Waals surface area contributed by atoms with E-state index in [0.717, 1.165) is 56.5 Å². The summed E-state index contributed by atoms with van der Waals surface area (Å²) in [6, 6.07) is 2.07. The molecule has 2 rings (SSSR count). The lowest BCUT2D eigenvalue weighted by atomic mass is 10.1. The molecular formula is C15H26N4O. The van der Waals surface area contributed by atoms with Crippen LogP contribution in [0.4, 0.5) is 11.6 Å². The lowest BCUT2D eigenvalue weighted by Gasteiger charge is -2.19. The Hall–Kier alpha value is -1.36. The van der Waals surface area contributed by atoms with E-state index in [9.17, 15) is 0 Å². The quantitative estimate of drug-likeness (QED) is 0.829. The summed E-state index contributed by atoms with van der Waals surface area (Å²) in [5.74, 6) is 3.53. The summed E-state index contributed by atoms with van der Waals surface area (Å²) in [4.78, 5) is 11.6. The molecular weight excluding hydrogens is 252 g/mol. The van der Waals surface area contributed by atoms with Crippen LogP contribution < -0.4 is 10.2 Å². The molecule has 1 aliphatic rings. The highest BCUT2D eigenvalue weighted by atomic mass is 16.5. The smallest absolute Gasteiger partial charge is 0.134 e. The second kappa shape index (κ2) is 7.43. The average molecular weight is 278 g/mol. The molecule has 1 atom stereocenters. The summed E-state index contributed by atoms with van der Waals surface area (Å²) in [5.41, 5.74) is 0. The van der Waals surface area contributed by atoms with E-state index < -0.39 is 0 Å². The molecule has 5 nitrogen and oxygen atoms in total. The van der Waals surface area contributed by atoms with Crippen molar-refractivity contribution in [2.24, 2.45) is 5.92 Å². The normalized spacial score (nSPS) is 18.6. The van der Waals surface area contributed by atoms with Gasteiger partial charge in [0.15, 0.2) is 0 Å². The van der Waals surface area contributed by atoms with Crippen molar-refractivity contribution in [3.8, 4) is 0 Å². The lowest BCUT2D eigenvalue weighted by molar-refractivity contribution is 0.161. The molecule has 0 aliphatic carbocycles. The van der Waals surface area contributed by atoms with Gasteiger partial charge in [0, 0.05) is 45.1 Å². The Balaban J connectivity index is 2.10. The van der Waals surface area contributed by atoms with Crippen LogP contribution in [0, 0.1) is 5.92 Å². The summed E-state index contributed by atoms with van der Waals surface area (Å²) in [7, 11) is 1.77. The topological polar surface area (TPSA) is 50.3 Å². The van der Waals surface area contributed by atoms with Crippen molar-refractivity contribution in [2.75, 3.05) is 43.6 Å². The summed E-state index contributed by atoms with van der Waals surface area (Å²) < 4.78 is 5.26. The van der Waals surface area contributed by atoms with Crippen LogP contribution in [0.2, 0.25) is 0 Å². The van der Waals surface area contributed by atoms with Crippen LogP contribution in [-0.2, 0) is 11.2 Å². The first-order chi connectivity index (χ1) is 9.76. The number of hydrogen-bond donors (Lipinski definition) is 1. The Kier molecular flexibility index (Phi) is 5.59. The van der Waals surface area contributed by atoms with Crippen molar-refractivity contribution in [1.82, 2.24) is 9.97 Å². The zero-order chi connectivity index (χ0) is 14.4. The van der Waals surface area contributed by atoms with Crippen molar-refractivity contribution in [3.05, 3.63) is 11.9 Å². The Labute approximate surface area is 121 Å². The largest absolute Gasteiger partial charge is 0.384 e. The Bertz CT molecular complexity index is 424. The number of anilines is 2. The van der Waals surface area contributed by atoms with Crippen molar-refractivity contribution in [2.45, 2.75) is 33.1 Å². The Morgan fingerprint density at radius 3 is 2.95 bits per heavy atom. The number of hydrogen-bond acceptors (Lipinski definition) is 5. The maximum atomic E-state index is 5.26. The van der Waals surface area contributed by atoms with E-state index in [1.165, 1.54) is 6.42 Å². The van der Waals surface area contributed by atoms with Crippen molar-refractivity contribution < 1.29 is 4.74 Å². The van der Waals surface area contributed by atoms with E-state index in [-0.39, 0.29) is 0 Å². The zero-order valence-corrected chi connectivity index (χ0v) is 12.9. The third-order valence-corrected chi connectivity index (χ3v) is 3.64. The molecule has 1 N–H and O–H groups in total. The molecule has 0 aromatic carbocycles. The summed E-state index contributed by atoms with van der Waals surface area (Å²) in [6.07, 6.45) is 3.14. The zero-order valence-electron chi connectivity index (χ0n) is 12.9. The summed E-state index contributed by atoms with van der Waals surface area (Å²) in [5, 5.41) is 3.37. The van der Waals surface area contributed by atoms with E-state index in [2.05, 4.69) is 40.1 Å². The molecule has 0 spiro atoms. The van der Waals surface area contributed by atoms with Gasteiger partial charge in [0.1, 0.15) is 17.5 Å². The van der Waals surface area contributed by atoms with Crippen LogP contribution in [0.25, 0.3) is 0 Å². The van der Waals surface area contributed by atoms with Crippen LogP contribution in [0.5, 0.6) is 0 Å². The fourth-order valence-electron chi connectivity index (χ4n) is 2.56. The van der Waals surface area contributed by atoms with Crippen molar-refractivity contribution >= 4 is 11.6 Å². The number of nitrogens with zero attached hydrogens (tertiary/aromatic N) is 3. The molecule has 1 aromatic rings. The van der Waals surface area contributed by atoms with Crippen molar-refractivity contribution in [3.63, 3.8) is 0 Å². The Morgan fingerprint density at radius 1 is 1.40 bits per heavy atom. The van der Waals surface area contributed by atoms with Crippen LogP contribution in [-0.4, -0.2) is 43.3 Å². The van der Waals surface area contributed by atoms with Gasteiger partial charge >= 0.3 is 0 Å². The molecule has 0 bridgehead atoms. The van der Waals surface area contributed by atoms with E-state index in [4.69, 9.17) is 4.74 Å². The van der Waals surface area contributed by atoms with Gasteiger partial charge in [0.05, 0.1) is 6.61 Å². The molecule has 1 fully saturated rings. The van der Waals surface area contributed by atoms with Gasteiger partial charge in [-0.05, 0) is 12.8 Å². The molecule has 1 aromatic heterocycles. The maximum Gasteiger partial charge on any atom is 0.134 e. The minimum absolute atomic E-state index is 0.618. The van der Waals surface area contributed by atoms with E-state index in [1.54, 1.807) is 7.11 Å². The third-order valence-electron chi connectivity index (χ3n) is 3.64. The molecule has 1 aliphatic heterocycles. The van der Waals surface area contributed by atoms with Crippen LogP contribution in [0.15, 0.2) is 6.07 Å². The molecule has 0 amide bonds. The summed E-state index contributed by atoms with van der Waals surface area (Å²) >= 11 is 0. The first-order valence-electron chi connectivity index (χ1n) is 7.62. The third kappa shape index (κ3) is 3.82. The minimum Gasteiger partial charge on any atom is -0.384 e. The standard InChI is InChI=1S/C15H26N4O/c1-4-7-16-14-9-15(18-13(5-2)17-14)19-8-6-12(10-19)11-20-3/h9,12H,4-8,10-11H2,1-3H3,(H,16,17,18). The first kappa shape index (κ1) is 15.0. The number of nitrogens with one attached hydrogen (secondary N) is 1. The number of aryl methyl sites for hydroxylation is 1. The maximum absolute atomic E-state index is 5.26. The number of aromatic nitrogens is 2.